The van der Waals surface area contributed by atoms with E-state index in [1.165, 1.54) is 82.6 Å². The van der Waals surface area contributed by atoms with Crippen molar-refractivity contribution in [2.75, 3.05) is 6.54 Å². The zero-order chi connectivity index (χ0) is 23.3. The number of likely N-dealkylation sites (tertiary alicyclic amines) is 1. The molecule has 2 heterocycles. The Morgan fingerprint density at radius 2 is 1.56 bits per heavy atom. The van der Waals surface area contributed by atoms with Gasteiger partial charge in [-0.3, -0.25) is 5.41 Å². The van der Waals surface area contributed by atoms with Crippen molar-refractivity contribution >= 4 is 18.4 Å². The monoisotopic (exact) mass is 489 g/mol. The number of aromatic nitrogens is 2. The summed E-state index contributed by atoms with van der Waals surface area (Å²) in [5, 5.41) is 11.9. The van der Waals surface area contributed by atoms with Crippen LogP contribution in [-0.4, -0.2) is 27.5 Å². The van der Waals surface area contributed by atoms with E-state index in [-0.39, 0.29) is 24.4 Å². The van der Waals surface area contributed by atoms with E-state index >= 15 is 0 Å². The summed E-state index contributed by atoms with van der Waals surface area (Å²) in [6.45, 7) is 3.05. The minimum Gasteiger partial charge on any atom is -0.370 e. The SMILES string of the molecule is CCCCCCCCCCCCCCc1ccc(-c2noc([C@@H]3CCCN3C(=N)N)n2)cc1.Cl. The molecule has 1 aliphatic rings. The molecule has 0 spiro atoms. The maximum absolute atomic E-state index is 7.72. The molecule has 3 N–H and O–H groups in total. The predicted molar refractivity (Wildman–Crippen MR) is 142 cm³/mol. The van der Waals surface area contributed by atoms with Gasteiger partial charge in [-0.25, -0.2) is 0 Å². The summed E-state index contributed by atoms with van der Waals surface area (Å²) in [6, 6.07) is 8.46. The van der Waals surface area contributed by atoms with Gasteiger partial charge in [0.25, 0.3) is 0 Å². The van der Waals surface area contributed by atoms with Crippen LogP contribution in [0.25, 0.3) is 11.4 Å². The second-order valence-corrected chi connectivity index (χ2v) is 9.53. The molecule has 1 fully saturated rings. The number of nitrogens with one attached hydrogen (secondary N) is 1. The molecule has 2 aromatic rings. The summed E-state index contributed by atoms with van der Waals surface area (Å²) in [5.74, 6) is 1.23. The highest BCUT2D eigenvalue weighted by atomic mass is 35.5. The van der Waals surface area contributed by atoms with Crippen LogP contribution in [0, 0.1) is 5.41 Å². The van der Waals surface area contributed by atoms with Crippen LogP contribution < -0.4 is 5.73 Å². The van der Waals surface area contributed by atoms with Crippen molar-refractivity contribution in [2.45, 2.75) is 109 Å². The average molecular weight is 490 g/mol. The summed E-state index contributed by atoms with van der Waals surface area (Å²) in [6.07, 6.45) is 19.6. The predicted octanol–water partition coefficient (Wildman–Crippen LogP) is 7.43. The fraction of sp³-hybridized carbons (Fsp3) is 0.667. The van der Waals surface area contributed by atoms with Crippen LogP contribution in [0.1, 0.15) is 114 Å². The molecule has 7 heteroatoms. The third-order valence-corrected chi connectivity index (χ3v) is 6.82. The number of hydrogen-bond donors (Lipinski definition) is 2. The van der Waals surface area contributed by atoms with Crippen LogP contribution in [0.2, 0.25) is 0 Å². The van der Waals surface area contributed by atoms with Crippen molar-refractivity contribution in [3.8, 4) is 11.4 Å². The fourth-order valence-corrected chi connectivity index (χ4v) is 4.79. The van der Waals surface area contributed by atoms with Gasteiger partial charge in [0.1, 0.15) is 6.04 Å². The lowest BCUT2D eigenvalue weighted by atomic mass is 10.0. The van der Waals surface area contributed by atoms with Gasteiger partial charge < -0.3 is 15.2 Å². The first kappa shape index (κ1) is 28.2. The first-order valence-corrected chi connectivity index (χ1v) is 13.2. The molecule has 6 nitrogen and oxygen atoms in total. The quantitative estimate of drug-likeness (QED) is 0.154. The summed E-state index contributed by atoms with van der Waals surface area (Å²) >= 11 is 0. The van der Waals surface area contributed by atoms with Crippen molar-refractivity contribution < 1.29 is 4.52 Å². The molecule has 190 valence electrons. The minimum absolute atomic E-state index is 0. The van der Waals surface area contributed by atoms with E-state index in [1.807, 2.05) is 4.90 Å². The third kappa shape index (κ3) is 8.94. The van der Waals surface area contributed by atoms with Crippen LogP contribution in [-0.2, 0) is 6.42 Å². The Morgan fingerprint density at radius 1 is 0.971 bits per heavy atom. The van der Waals surface area contributed by atoms with E-state index in [9.17, 15) is 0 Å². The normalized spacial score (nSPS) is 15.4. The van der Waals surface area contributed by atoms with Gasteiger partial charge in [-0.05, 0) is 31.2 Å². The Kier molecular flexibility index (Phi) is 13.0. The molecular weight excluding hydrogens is 446 g/mol. The van der Waals surface area contributed by atoms with E-state index in [2.05, 4.69) is 41.3 Å². The average Bonchev–Trinajstić information content (AvgIpc) is 3.50. The number of guanidine groups is 1. The standard InChI is InChI=1S/C27H43N5O.ClH/c1-2-3-4-5-6-7-8-9-10-11-12-13-15-22-17-19-23(20-18-22)25-30-26(33-31-25)24-16-14-21-32(24)27(28)29;/h17-20,24H,2-16,21H2,1H3,(H3,28,29);1H/t24-;/m0./s1. The minimum atomic E-state index is -0.0752. The van der Waals surface area contributed by atoms with E-state index in [0.29, 0.717) is 11.7 Å². The lowest BCUT2D eigenvalue weighted by Gasteiger charge is -2.21. The largest absolute Gasteiger partial charge is 0.370 e. The van der Waals surface area contributed by atoms with Crippen LogP contribution >= 0.6 is 12.4 Å². The van der Waals surface area contributed by atoms with Gasteiger partial charge in [-0.1, -0.05) is 107 Å². The van der Waals surface area contributed by atoms with Gasteiger partial charge in [-0.2, -0.15) is 4.98 Å². The maximum Gasteiger partial charge on any atom is 0.249 e. The Balaban J connectivity index is 0.00000408. The molecular formula is C27H44ClN5O. The van der Waals surface area contributed by atoms with Gasteiger partial charge >= 0.3 is 0 Å². The van der Waals surface area contributed by atoms with Gasteiger partial charge in [0.15, 0.2) is 5.96 Å². The second kappa shape index (κ2) is 15.8. The summed E-state index contributed by atoms with van der Waals surface area (Å²) < 4.78 is 5.51. The maximum atomic E-state index is 7.72. The molecule has 1 atom stereocenters. The number of nitrogens with two attached hydrogens (primary N) is 1. The van der Waals surface area contributed by atoms with Crippen LogP contribution in [0.5, 0.6) is 0 Å². The van der Waals surface area contributed by atoms with E-state index in [1.54, 1.807) is 0 Å². The smallest absolute Gasteiger partial charge is 0.249 e. The van der Waals surface area contributed by atoms with Crippen molar-refractivity contribution in [1.29, 1.82) is 5.41 Å². The molecule has 1 aromatic heterocycles. The van der Waals surface area contributed by atoms with Crippen molar-refractivity contribution in [3.05, 3.63) is 35.7 Å². The molecule has 3 rings (SSSR count). The highest BCUT2D eigenvalue weighted by molar-refractivity contribution is 5.85. The van der Waals surface area contributed by atoms with E-state index in [0.717, 1.165) is 31.4 Å². The summed E-state index contributed by atoms with van der Waals surface area (Å²) in [4.78, 5) is 6.42. The Labute approximate surface area is 212 Å². The molecule has 0 saturated carbocycles. The Hall–Kier alpha value is -2.08. The molecule has 0 radical (unpaired) electrons. The first-order chi connectivity index (χ1) is 16.2. The fourth-order valence-electron chi connectivity index (χ4n) is 4.79. The lowest BCUT2D eigenvalue weighted by molar-refractivity contribution is 0.283. The third-order valence-electron chi connectivity index (χ3n) is 6.82. The molecule has 0 unspecified atom stereocenters. The zero-order valence-electron chi connectivity index (χ0n) is 20.9. The van der Waals surface area contributed by atoms with E-state index < -0.39 is 0 Å². The molecule has 1 aromatic carbocycles. The van der Waals surface area contributed by atoms with Crippen molar-refractivity contribution in [2.24, 2.45) is 5.73 Å². The number of aryl methyl sites for hydroxylation is 1. The highest BCUT2D eigenvalue weighted by Crippen LogP contribution is 2.31. The summed E-state index contributed by atoms with van der Waals surface area (Å²) in [5.41, 5.74) is 8.02. The van der Waals surface area contributed by atoms with Gasteiger partial charge in [0, 0.05) is 12.1 Å². The zero-order valence-corrected chi connectivity index (χ0v) is 21.8. The Bertz CT molecular complexity index is 823. The first-order valence-electron chi connectivity index (χ1n) is 13.2. The summed E-state index contributed by atoms with van der Waals surface area (Å²) in [7, 11) is 0. The van der Waals surface area contributed by atoms with Gasteiger partial charge in [0.2, 0.25) is 11.7 Å². The molecule has 0 bridgehead atoms. The number of nitrogens with zero attached hydrogens (tertiary/aromatic N) is 3. The number of hydrogen-bond acceptors (Lipinski definition) is 4. The van der Waals surface area contributed by atoms with Crippen molar-refractivity contribution in [3.63, 3.8) is 0 Å². The van der Waals surface area contributed by atoms with Crippen LogP contribution in [0.3, 0.4) is 0 Å². The topological polar surface area (TPSA) is 92.0 Å². The number of rotatable bonds is 15. The molecule has 34 heavy (non-hydrogen) atoms. The Morgan fingerprint density at radius 3 is 2.15 bits per heavy atom. The number of benzene rings is 1. The molecule has 0 aliphatic carbocycles. The lowest BCUT2D eigenvalue weighted by Crippen LogP contribution is -2.35. The van der Waals surface area contributed by atoms with Crippen molar-refractivity contribution in [1.82, 2.24) is 15.0 Å². The van der Waals surface area contributed by atoms with Crippen LogP contribution in [0.15, 0.2) is 28.8 Å². The van der Waals surface area contributed by atoms with Gasteiger partial charge in [0.05, 0.1) is 0 Å². The number of halogens is 1. The molecule has 1 saturated heterocycles. The van der Waals surface area contributed by atoms with Gasteiger partial charge in [-0.15, -0.1) is 12.4 Å². The molecule has 1 aliphatic heterocycles. The second-order valence-electron chi connectivity index (χ2n) is 9.53. The van der Waals surface area contributed by atoms with Crippen LogP contribution in [0.4, 0.5) is 0 Å². The van der Waals surface area contributed by atoms with E-state index in [4.69, 9.17) is 15.7 Å². The number of unbranched alkanes of at least 4 members (excludes halogenated alkanes) is 11. The highest BCUT2D eigenvalue weighted by Gasteiger charge is 2.31. The molecule has 0 amide bonds.